The fraction of sp³-hybridized carbons (Fsp3) is 0.941. The molecule has 20 heavy (non-hydrogen) atoms. The number of aliphatic hydroxyl groups excluding tert-OH is 1. The standard InChI is InChI=1S/C17H34O3/c1-3-5-6-7-8-9-10-11-12-14-17(19)20-15-16(18)13-4-2/h16,18H,3-15H2,1-2H3. The van der Waals surface area contributed by atoms with Gasteiger partial charge in [-0.3, -0.25) is 4.79 Å². The smallest absolute Gasteiger partial charge is 0.305 e. The molecule has 0 aliphatic carbocycles. The number of hydrogen-bond acceptors (Lipinski definition) is 3. The number of carbonyl (C=O) groups is 1. The van der Waals surface area contributed by atoms with E-state index >= 15 is 0 Å². The second-order valence-corrected chi connectivity index (χ2v) is 5.70. The third kappa shape index (κ3) is 13.9. The number of carbonyl (C=O) groups excluding carboxylic acids is 1. The van der Waals surface area contributed by atoms with Gasteiger partial charge in [-0.25, -0.2) is 0 Å². The Kier molecular flexibility index (Phi) is 14.4. The van der Waals surface area contributed by atoms with Crippen molar-refractivity contribution in [2.45, 2.75) is 97.0 Å². The Labute approximate surface area is 125 Å². The maximum absolute atomic E-state index is 11.4. The van der Waals surface area contributed by atoms with Gasteiger partial charge < -0.3 is 9.84 Å². The van der Waals surface area contributed by atoms with Crippen molar-refractivity contribution >= 4 is 5.97 Å². The Morgan fingerprint density at radius 2 is 1.45 bits per heavy atom. The summed E-state index contributed by atoms with van der Waals surface area (Å²) in [4.78, 5) is 11.4. The molecule has 3 nitrogen and oxygen atoms in total. The minimum absolute atomic E-state index is 0.157. The summed E-state index contributed by atoms with van der Waals surface area (Å²) in [5.74, 6) is -0.164. The third-order valence-electron chi connectivity index (χ3n) is 3.54. The van der Waals surface area contributed by atoms with E-state index in [0.29, 0.717) is 12.8 Å². The molecule has 0 heterocycles. The fourth-order valence-electron chi connectivity index (χ4n) is 2.26. The van der Waals surface area contributed by atoms with Crippen LogP contribution >= 0.6 is 0 Å². The van der Waals surface area contributed by atoms with Crippen LogP contribution in [0.2, 0.25) is 0 Å². The average Bonchev–Trinajstić information content (AvgIpc) is 2.43. The van der Waals surface area contributed by atoms with Crippen LogP contribution in [-0.4, -0.2) is 23.8 Å². The zero-order valence-electron chi connectivity index (χ0n) is 13.5. The molecule has 0 saturated heterocycles. The van der Waals surface area contributed by atoms with Crippen molar-refractivity contribution in [3.8, 4) is 0 Å². The van der Waals surface area contributed by atoms with E-state index in [-0.39, 0.29) is 12.6 Å². The molecule has 0 rings (SSSR count). The van der Waals surface area contributed by atoms with Crippen LogP contribution in [0.3, 0.4) is 0 Å². The van der Waals surface area contributed by atoms with Crippen molar-refractivity contribution in [2.24, 2.45) is 0 Å². The van der Waals surface area contributed by atoms with Crippen LogP contribution in [-0.2, 0) is 9.53 Å². The van der Waals surface area contributed by atoms with Gasteiger partial charge in [0.1, 0.15) is 6.61 Å². The lowest BCUT2D eigenvalue weighted by molar-refractivity contribution is -0.146. The highest BCUT2D eigenvalue weighted by molar-refractivity contribution is 5.69. The summed E-state index contributed by atoms with van der Waals surface area (Å²) < 4.78 is 5.04. The quantitative estimate of drug-likeness (QED) is 0.374. The monoisotopic (exact) mass is 286 g/mol. The van der Waals surface area contributed by atoms with Crippen LogP contribution in [0.25, 0.3) is 0 Å². The molecule has 1 atom stereocenters. The van der Waals surface area contributed by atoms with E-state index in [9.17, 15) is 9.90 Å². The van der Waals surface area contributed by atoms with E-state index in [1.165, 1.54) is 44.9 Å². The Morgan fingerprint density at radius 3 is 2.00 bits per heavy atom. The predicted molar refractivity (Wildman–Crippen MR) is 83.7 cm³/mol. The van der Waals surface area contributed by atoms with Gasteiger partial charge in [0.15, 0.2) is 0 Å². The van der Waals surface area contributed by atoms with Gasteiger partial charge in [0.05, 0.1) is 6.10 Å². The summed E-state index contributed by atoms with van der Waals surface area (Å²) in [7, 11) is 0. The third-order valence-corrected chi connectivity index (χ3v) is 3.54. The van der Waals surface area contributed by atoms with Gasteiger partial charge in [-0.2, -0.15) is 0 Å². The lowest BCUT2D eigenvalue weighted by atomic mass is 10.1. The van der Waals surface area contributed by atoms with Gasteiger partial charge in [0.25, 0.3) is 0 Å². The molecule has 0 fully saturated rings. The molecule has 0 aliphatic heterocycles. The highest BCUT2D eigenvalue weighted by Crippen LogP contribution is 2.10. The van der Waals surface area contributed by atoms with Gasteiger partial charge in [0.2, 0.25) is 0 Å². The first-order chi connectivity index (χ1) is 9.70. The van der Waals surface area contributed by atoms with E-state index in [1.807, 2.05) is 6.92 Å². The van der Waals surface area contributed by atoms with Gasteiger partial charge in [-0.05, 0) is 12.8 Å². The van der Waals surface area contributed by atoms with Gasteiger partial charge in [0, 0.05) is 6.42 Å². The zero-order chi connectivity index (χ0) is 15.1. The van der Waals surface area contributed by atoms with Gasteiger partial charge in [-0.1, -0.05) is 71.6 Å². The number of rotatable bonds is 14. The first-order valence-corrected chi connectivity index (χ1v) is 8.54. The summed E-state index contributed by atoms with van der Waals surface area (Å²) in [6, 6.07) is 0. The minimum Gasteiger partial charge on any atom is -0.463 e. The molecule has 1 unspecified atom stereocenters. The summed E-state index contributed by atoms with van der Waals surface area (Å²) in [6.45, 7) is 4.40. The molecule has 1 N–H and O–H groups in total. The van der Waals surface area contributed by atoms with E-state index in [2.05, 4.69) is 6.92 Å². The molecule has 0 aromatic rings. The Morgan fingerprint density at radius 1 is 0.900 bits per heavy atom. The Bertz CT molecular complexity index is 216. The van der Waals surface area contributed by atoms with Crippen molar-refractivity contribution in [1.82, 2.24) is 0 Å². The largest absolute Gasteiger partial charge is 0.463 e. The zero-order valence-corrected chi connectivity index (χ0v) is 13.5. The summed E-state index contributed by atoms with van der Waals surface area (Å²) >= 11 is 0. The molecule has 0 saturated carbocycles. The van der Waals surface area contributed by atoms with Gasteiger partial charge >= 0.3 is 5.97 Å². The topological polar surface area (TPSA) is 46.5 Å². The van der Waals surface area contributed by atoms with Crippen molar-refractivity contribution in [1.29, 1.82) is 0 Å². The van der Waals surface area contributed by atoms with Crippen molar-refractivity contribution in [3.63, 3.8) is 0 Å². The van der Waals surface area contributed by atoms with E-state index < -0.39 is 6.10 Å². The number of ether oxygens (including phenoxy) is 1. The van der Waals surface area contributed by atoms with Crippen LogP contribution in [0.15, 0.2) is 0 Å². The maximum Gasteiger partial charge on any atom is 0.305 e. The van der Waals surface area contributed by atoms with Crippen LogP contribution in [0, 0.1) is 0 Å². The molecule has 120 valence electrons. The average molecular weight is 286 g/mol. The molecule has 0 aromatic carbocycles. The van der Waals surface area contributed by atoms with Crippen LogP contribution in [0.4, 0.5) is 0 Å². The van der Waals surface area contributed by atoms with Gasteiger partial charge in [-0.15, -0.1) is 0 Å². The first-order valence-electron chi connectivity index (χ1n) is 8.54. The number of unbranched alkanes of at least 4 members (excludes halogenated alkanes) is 8. The molecule has 0 aromatic heterocycles. The SMILES string of the molecule is CCCCCCCCCCCC(=O)OCC(O)CCC. The minimum atomic E-state index is -0.493. The summed E-state index contributed by atoms with van der Waals surface area (Å²) in [5, 5.41) is 9.45. The van der Waals surface area contributed by atoms with Crippen molar-refractivity contribution < 1.29 is 14.6 Å². The van der Waals surface area contributed by atoms with E-state index in [0.717, 1.165) is 19.3 Å². The van der Waals surface area contributed by atoms with E-state index in [1.54, 1.807) is 0 Å². The van der Waals surface area contributed by atoms with Crippen LogP contribution in [0.1, 0.15) is 90.9 Å². The van der Waals surface area contributed by atoms with E-state index in [4.69, 9.17) is 4.74 Å². The highest BCUT2D eigenvalue weighted by Gasteiger charge is 2.07. The Balaban J connectivity index is 3.23. The molecule has 0 aliphatic rings. The summed E-state index contributed by atoms with van der Waals surface area (Å²) in [6.07, 6.45) is 12.8. The van der Waals surface area contributed by atoms with Crippen molar-refractivity contribution in [2.75, 3.05) is 6.61 Å². The van der Waals surface area contributed by atoms with Crippen molar-refractivity contribution in [3.05, 3.63) is 0 Å². The normalized spacial score (nSPS) is 12.3. The number of hydrogen-bond donors (Lipinski definition) is 1. The maximum atomic E-state index is 11.4. The second kappa shape index (κ2) is 14.8. The molecule has 0 radical (unpaired) electrons. The molecular formula is C17H34O3. The predicted octanol–water partition coefficient (Wildman–Crippen LogP) is 4.61. The Hall–Kier alpha value is -0.570. The number of aliphatic hydroxyl groups is 1. The lowest BCUT2D eigenvalue weighted by Gasteiger charge is -2.09. The second-order valence-electron chi connectivity index (χ2n) is 5.70. The van der Waals surface area contributed by atoms with Crippen LogP contribution < -0.4 is 0 Å². The molecule has 3 heteroatoms. The molecule has 0 amide bonds. The fourth-order valence-corrected chi connectivity index (χ4v) is 2.26. The molecule has 0 bridgehead atoms. The van der Waals surface area contributed by atoms with Crippen LogP contribution in [0.5, 0.6) is 0 Å². The molecular weight excluding hydrogens is 252 g/mol. The summed E-state index contributed by atoms with van der Waals surface area (Å²) in [5.41, 5.74) is 0. The lowest BCUT2D eigenvalue weighted by Crippen LogP contribution is -2.18. The highest BCUT2D eigenvalue weighted by atomic mass is 16.5. The number of esters is 1. The first kappa shape index (κ1) is 19.4. The molecule has 0 spiro atoms.